The summed E-state index contributed by atoms with van der Waals surface area (Å²) in [5.41, 5.74) is 1.34. The topological polar surface area (TPSA) is 75.7 Å². The normalized spacial score (nSPS) is 14.2. The Labute approximate surface area is 143 Å². The molecule has 1 aliphatic heterocycles. The molecule has 0 spiro atoms. The van der Waals surface area contributed by atoms with Crippen molar-refractivity contribution < 1.29 is 19.1 Å². The molecule has 0 saturated carbocycles. The summed E-state index contributed by atoms with van der Waals surface area (Å²) in [5, 5.41) is 3.27. The average molecular weight is 356 g/mol. The zero-order valence-electron chi connectivity index (χ0n) is 13.4. The van der Waals surface area contributed by atoms with Crippen LogP contribution in [0.3, 0.4) is 0 Å². The van der Waals surface area contributed by atoms with Gasteiger partial charge in [-0.05, 0) is 25.8 Å². The lowest BCUT2D eigenvalue weighted by atomic mass is 10.1. The van der Waals surface area contributed by atoms with Gasteiger partial charge in [-0.3, -0.25) is 9.59 Å². The van der Waals surface area contributed by atoms with Gasteiger partial charge in [0.2, 0.25) is 11.8 Å². The van der Waals surface area contributed by atoms with Crippen LogP contribution in [0.5, 0.6) is 0 Å². The highest BCUT2D eigenvalue weighted by Gasteiger charge is 2.26. The first-order valence-corrected chi connectivity index (χ1v) is 9.39. The zero-order valence-corrected chi connectivity index (χ0v) is 15.1. The third kappa shape index (κ3) is 4.06. The van der Waals surface area contributed by atoms with Crippen molar-refractivity contribution in [3.05, 3.63) is 16.0 Å². The summed E-state index contributed by atoms with van der Waals surface area (Å²) in [6.07, 6.45) is 0.688. The second-order valence-corrected chi connectivity index (χ2v) is 7.21. The summed E-state index contributed by atoms with van der Waals surface area (Å²) in [5.74, 6) is 0.194. The van der Waals surface area contributed by atoms with Crippen molar-refractivity contribution >= 4 is 45.9 Å². The van der Waals surface area contributed by atoms with E-state index in [-0.39, 0.29) is 25.0 Å². The van der Waals surface area contributed by atoms with Crippen LogP contribution in [0.15, 0.2) is 0 Å². The Balaban J connectivity index is 2.16. The number of hydrogen-bond donors (Lipinski definition) is 1. The number of anilines is 1. The molecule has 1 aliphatic rings. The van der Waals surface area contributed by atoms with Crippen molar-refractivity contribution in [3.8, 4) is 0 Å². The first-order valence-electron chi connectivity index (χ1n) is 7.42. The summed E-state index contributed by atoms with van der Waals surface area (Å²) >= 11 is 2.85. The molecule has 126 valence electrons. The largest absolute Gasteiger partial charge is 0.462 e. The van der Waals surface area contributed by atoms with E-state index in [4.69, 9.17) is 4.74 Å². The number of rotatable bonds is 6. The van der Waals surface area contributed by atoms with E-state index in [1.54, 1.807) is 6.92 Å². The first kappa shape index (κ1) is 17.8. The average Bonchev–Trinajstić information content (AvgIpc) is 3.02. The third-order valence-corrected chi connectivity index (χ3v) is 5.46. The standard InChI is InChI=1S/C15H20N2O4S2/c1-4-10-9(3)23-14(13(10)15(20)21-5-2)16-11(18)6-17-8-22-7-12(17)19/h4-8H2,1-3H3,(H,16,18). The molecule has 8 heteroatoms. The van der Waals surface area contributed by atoms with Crippen molar-refractivity contribution in [2.75, 3.05) is 30.1 Å². The van der Waals surface area contributed by atoms with Crippen LogP contribution in [-0.2, 0) is 20.7 Å². The number of aryl methyl sites for hydroxylation is 1. The van der Waals surface area contributed by atoms with Gasteiger partial charge in [0.25, 0.3) is 0 Å². The summed E-state index contributed by atoms with van der Waals surface area (Å²) in [6.45, 7) is 5.92. The minimum Gasteiger partial charge on any atom is -0.462 e. The van der Waals surface area contributed by atoms with Crippen LogP contribution >= 0.6 is 23.1 Å². The predicted octanol–water partition coefficient (Wildman–Crippen LogP) is 2.27. The highest BCUT2D eigenvalue weighted by atomic mass is 32.2. The molecule has 1 aromatic heterocycles. The molecule has 0 aliphatic carbocycles. The number of ether oxygens (including phenoxy) is 1. The van der Waals surface area contributed by atoms with Crippen molar-refractivity contribution in [1.29, 1.82) is 0 Å². The fourth-order valence-electron chi connectivity index (χ4n) is 2.39. The minimum absolute atomic E-state index is 0.00645. The minimum atomic E-state index is -0.420. The number of thioether (sulfide) groups is 1. The van der Waals surface area contributed by atoms with Gasteiger partial charge >= 0.3 is 5.97 Å². The van der Waals surface area contributed by atoms with E-state index in [9.17, 15) is 14.4 Å². The van der Waals surface area contributed by atoms with Gasteiger partial charge < -0.3 is 15.0 Å². The molecule has 23 heavy (non-hydrogen) atoms. The van der Waals surface area contributed by atoms with Gasteiger partial charge in [0, 0.05) is 4.88 Å². The number of esters is 1. The lowest BCUT2D eigenvalue weighted by molar-refractivity contribution is -0.130. The number of carbonyl (C=O) groups excluding carboxylic acids is 3. The van der Waals surface area contributed by atoms with E-state index in [1.165, 1.54) is 28.0 Å². The van der Waals surface area contributed by atoms with E-state index < -0.39 is 5.97 Å². The van der Waals surface area contributed by atoms with E-state index in [0.29, 0.717) is 28.6 Å². The second-order valence-electron chi connectivity index (χ2n) is 5.03. The van der Waals surface area contributed by atoms with Crippen LogP contribution in [0.1, 0.15) is 34.6 Å². The van der Waals surface area contributed by atoms with Gasteiger partial charge in [-0.25, -0.2) is 4.79 Å². The molecule has 0 bridgehead atoms. The van der Waals surface area contributed by atoms with E-state index in [2.05, 4.69) is 5.32 Å². The van der Waals surface area contributed by atoms with Crippen LogP contribution in [0.4, 0.5) is 5.00 Å². The maximum Gasteiger partial charge on any atom is 0.341 e. The van der Waals surface area contributed by atoms with Crippen molar-refractivity contribution in [2.45, 2.75) is 27.2 Å². The Morgan fingerprint density at radius 3 is 2.65 bits per heavy atom. The molecule has 0 unspecified atom stereocenters. The molecular formula is C15H20N2O4S2. The molecule has 1 fully saturated rings. The maximum absolute atomic E-state index is 12.2. The molecule has 0 atom stereocenters. The molecule has 2 heterocycles. The predicted molar refractivity (Wildman–Crippen MR) is 92.1 cm³/mol. The second kappa shape index (κ2) is 7.83. The molecule has 2 amide bonds. The fourth-order valence-corrected chi connectivity index (χ4v) is 4.44. The summed E-state index contributed by atoms with van der Waals surface area (Å²) < 4.78 is 5.11. The van der Waals surface area contributed by atoms with E-state index in [0.717, 1.165) is 10.4 Å². The van der Waals surface area contributed by atoms with E-state index in [1.807, 2.05) is 13.8 Å². The number of nitrogens with one attached hydrogen (secondary N) is 1. The van der Waals surface area contributed by atoms with Crippen molar-refractivity contribution in [3.63, 3.8) is 0 Å². The Morgan fingerprint density at radius 1 is 1.35 bits per heavy atom. The first-order chi connectivity index (χ1) is 11.0. The van der Waals surface area contributed by atoms with Crippen LogP contribution in [0, 0.1) is 6.92 Å². The van der Waals surface area contributed by atoms with Crippen LogP contribution in [0.2, 0.25) is 0 Å². The van der Waals surface area contributed by atoms with E-state index >= 15 is 0 Å². The highest BCUT2D eigenvalue weighted by Crippen LogP contribution is 2.34. The smallest absolute Gasteiger partial charge is 0.341 e. The molecule has 1 N–H and O–H groups in total. The number of nitrogens with zero attached hydrogens (tertiary/aromatic N) is 1. The molecule has 6 nitrogen and oxygen atoms in total. The van der Waals surface area contributed by atoms with Gasteiger partial charge in [0.1, 0.15) is 11.5 Å². The van der Waals surface area contributed by atoms with Crippen molar-refractivity contribution in [1.82, 2.24) is 4.90 Å². The quantitative estimate of drug-likeness (QED) is 0.792. The molecule has 2 rings (SSSR count). The van der Waals surface area contributed by atoms with Gasteiger partial charge in [-0.15, -0.1) is 23.1 Å². The molecule has 0 radical (unpaired) electrons. The van der Waals surface area contributed by atoms with Crippen LogP contribution in [0.25, 0.3) is 0 Å². The summed E-state index contributed by atoms with van der Waals surface area (Å²) in [4.78, 5) is 38.5. The zero-order chi connectivity index (χ0) is 17.0. The highest BCUT2D eigenvalue weighted by molar-refractivity contribution is 8.00. The Hall–Kier alpha value is -1.54. The van der Waals surface area contributed by atoms with Gasteiger partial charge in [0.05, 0.1) is 23.8 Å². The van der Waals surface area contributed by atoms with Gasteiger partial charge in [-0.1, -0.05) is 6.92 Å². The SMILES string of the molecule is CCOC(=O)c1c(NC(=O)CN2CSCC2=O)sc(C)c1CC. The molecule has 1 saturated heterocycles. The van der Waals surface area contributed by atoms with Crippen molar-refractivity contribution in [2.24, 2.45) is 0 Å². The number of carbonyl (C=O) groups is 3. The molecule has 0 aromatic carbocycles. The molecule has 1 aromatic rings. The summed E-state index contributed by atoms with van der Waals surface area (Å²) in [6, 6.07) is 0. The Kier molecular flexibility index (Phi) is 6.06. The Morgan fingerprint density at radius 2 is 2.09 bits per heavy atom. The summed E-state index contributed by atoms with van der Waals surface area (Å²) in [7, 11) is 0. The number of amides is 2. The maximum atomic E-state index is 12.2. The lowest BCUT2D eigenvalue weighted by Crippen LogP contribution is -2.34. The number of hydrogen-bond acceptors (Lipinski definition) is 6. The van der Waals surface area contributed by atoms with Crippen LogP contribution in [-0.4, -0.2) is 47.5 Å². The van der Waals surface area contributed by atoms with Gasteiger partial charge in [0.15, 0.2) is 0 Å². The fraction of sp³-hybridized carbons (Fsp3) is 0.533. The molecular weight excluding hydrogens is 336 g/mol. The number of thiophene rings is 1. The van der Waals surface area contributed by atoms with Crippen LogP contribution < -0.4 is 5.32 Å². The third-order valence-electron chi connectivity index (χ3n) is 3.45. The Bertz CT molecular complexity index is 627. The monoisotopic (exact) mass is 356 g/mol. The lowest BCUT2D eigenvalue weighted by Gasteiger charge is -2.14. The van der Waals surface area contributed by atoms with Gasteiger partial charge in [-0.2, -0.15) is 0 Å².